The number of benzene rings is 1. The molecule has 0 radical (unpaired) electrons. The molecule has 29 heavy (non-hydrogen) atoms. The van der Waals surface area contributed by atoms with Crippen molar-refractivity contribution >= 4 is 33.2 Å². The highest BCUT2D eigenvalue weighted by Gasteiger charge is 2.36. The van der Waals surface area contributed by atoms with Crippen LogP contribution >= 0.6 is 11.3 Å². The summed E-state index contributed by atoms with van der Waals surface area (Å²) >= 11 is 1.16. The van der Waals surface area contributed by atoms with Gasteiger partial charge in [0.15, 0.2) is 0 Å². The maximum absolute atomic E-state index is 12.7. The highest BCUT2D eigenvalue weighted by atomic mass is 32.2. The molecule has 0 spiro atoms. The normalized spacial score (nSPS) is 17.1. The van der Waals surface area contributed by atoms with Crippen molar-refractivity contribution in [2.24, 2.45) is 0 Å². The number of carbonyl (C=O) groups is 2. The van der Waals surface area contributed by atoms with Gasteiger partial charge in [-0.3, -0.25) is 9.59 Å². The minimum absolute atomic E-state index is 0.0888. The van der Waals surface area contributed by atoms with E-state index in [1.165, 1.54) is 11.4 Å². The molecule has 2 amide bonds. The topological polar surface area (TPSA) is 105 Å². The fourth-order valence-corrected chi connectivity index (χ4v) is 6.06. The Kier molecular flexibility index (Phi) is 6.88. The van der Waals surface area contributed by atoms with Crippen LogP contribution in [0.5, 0.6) is 5.75 Å². The number of methoxy groups -OCH3 is 1. The fourth-order valence-electron chi connectivity index (χ4n) is 3.25. The molecule has 1 aromatic carbocycles. The predicted molar refractivity (Wildman–Crippen MR) is 109 cm³/mol. The first-order valence-electron chi connectivity index (χ1n) is 9.16. The van der Waals surface area contributed by atoms with E-state index in [4.69, 9.17) is 4.74 Å². The van der Waals surface area contributed by atoms with E-state index in [0.717, 1.165) is 16.9 Å². The number of rotatable bonds is 7. The second kappa shape index (κ2) is 9.38. The van der Waals surface area contributed by atoms with Gasteiger partial charge in [0.1, 0.15) is 9.96 Å². The third kappa shape index (κ3) is 4.95. The van der Waals surface area contributed by atoms with E-state index in [9.17, 15) is 18.0 Å². The molecule has 0 saturated carbocycles. The summed E-state index contributed by atoms with van der Waals surface area (Å²) in [5.74, 6) is -0.949. The van der Waals surface area contributed by atoms with Gasteiger partial charge < -0.3 is 15.4 Å². The second-order valence-electron chi connectivity index (χ2n) is 6.55. The van der Waals surface area contributed by atoms with Crippen LogP contribution in [0.4, 0.5) is 0 Å². The molecule has 1 saturated heterocycles. The van der Waals surface area contributed by atoms with Crippen LogP contribution < -0.4 is 15.4 Å². The van der Waals surface area contributed by atoms with Crippen molar-refractivity contribution in [3.8, 4) is 5.75 Å². The lowest BCUT2D eigenvalue weighted by Gasteiger charge is -2.23. The number of sulfonamides is 1. The average molecular weight is 438 g/mol. The number of amides is 2. The number of nitrogens with zero attached hydrogens (tertiary/aromatic N) is 1. The largest absolute Gasteiger partial charge is 0.496 e. The zero-order valence-corrected chi connectivity index (χ0v) is 17.6. The van der Waals surface area contributed by atoms with Gasteiger partial charge in [0, 0.05) is 31.2 Å². The lowest BCUT2D eigenvalue weighted by molar-refractivity contribution is -0.139. The zero-order valence-electron chi connectivity index (χ0n) is 16.0. The van der Waals surface area contributed by atoms with Gasteiger partial charge in [-0.25, -0.2) is 8.42 Å². The van der Waals surface area contributed by atoms with E-state index in [1.807, 2.05) is 12.1 Å². The summed E-state index contributed by atoms with van der Waals surface area (Å²) in [5.41, 5.74) is 0.750. The smallest absolute Gasteiger partial charge is 0.309 e. The molecule has 1 aliphatic rings. The third-order valence-corrected chi connectivity index (χ3v) is 8.04. The van der Waals surface area contributed by atoms with Crippen molar-refractivity contribution in [2.75, 3.05) is 20.2 Å². The highest BCUT2D eigenvalue weighted by molar-refractivity contribution is 7.91. The second-order valence-corrected chi connectivity index (χ2v) is 9.61. The summed E-state index contributed by atoms with van der Waals surface area (Å²) in [7, 11) is -2.05. The number of carbonyl (C=O) groups excluding carboxylic acids is 2. The van der Waals surface area contributed by atoms with E-state index in [-0.39, 0.29) is 23.3 Å². The molecule has 0 unspecified atom stereocenters. The summed E-state index contributed by atoms with van der Waals surface area (Å²) < 4.78 is 32.4. The van der Waals surface area contributed by atoms with Gasteiger partial charge in [-0.15, -0.1) is 11.3 Å². The maximum Gasteiger partial charge on any atom is 0.309 e. The van der Waals surface area contributed by atoms with Crippen molar-refractivity contribution in [3.63, 3.8) is 0 Å². The van der Waals surface area contributed by atoms with Crippen LogP contribution in [-0.4, -0.2) is 50.8 Å². The first-order valence-corrected chi connectivity index (χ1v) is 11.5. The number of thiophene rings is 1. The average Bonchev–Trinajstić information content (AvgIpc) is 3.43. The third-order valence-electron chi connectivity index (χ3n) is 4.72. The standard InChI is InChI=1S/C19H23N3O5S2/c1-27-16-8-3-2-6-14(16)12-20-18(23)19(24)21-13-15-7-4-10-22(15)29(25,26)17-9-5-11-28-17/h2-3,5-6,8-9,11,15H,4,7,10,12-13H2,1H3,(H,20,23)(H,21,24)/t15-/m0/s1. The van der Waals surface area contributed by atoms with E-state index in [0.29, 0.717) is 25.1 Å². The van der Waals surface area contributed by atoms with Crippen molar-refractivity contribution in [3.05, 3.63) is 47.3 Å². The Morgan fingerprint density at radius 2 is 1.93 bits per heavy atom. The van der Waals surface area contributed by atoms with Gasteiger partial charge in [-0.1, -0.05) is 24.3 Å². The zero-order chi connectivity index (χ0) is 20.9. The van der Waals surface area contributed by atoms with Crippen LogP contribution in [0.25, 0.3) is 0 Å². The van der Waals surface area contributed by atoms with Crippen molar-refractivity contribution in [2.45, 2.75) is 29.6 Å². The molecule has 0 bridgehead atoms. The van der Waals surface area contributed by atoms with E-state index < -0.39 is 21.8 Å². The minimum Gasteiger partial charge on any atom is -0.496 e. The van der Waals surface area contributed by atoms with Gasteiger partial charge in [-0.2, -0.15) is 4.31 Å². The molecule has 2 heterocycles. The van der Waals surface area contributed by atoms with E-state index >= 15 is 0 Å². The molecule has 1 aromatic heterocycles. The molecule has 156 valence electrons. The SMILES string of the molecule is COc1ccccc1CNC(=O)C(=O)NC[C@@H]1CCCN1S(=O)(=O)c1cccs1. The Morgan fingerprint density at radius 3 is 2.66 bits per heavy atom. The Morgan fingerprint density at radius 1 is 1.17 bits per heavy atom. The fraction of sp³-hybridized carbons (Fsp3) is 0.368. The molecule has 2 aromatic rings. The molecule has 8 nitrogen and oxygen atoms in total. The first-order chi connectivity index (χ1) is 13.9. The monoisotopic (exact) mass is 437 g/mol. The molecule has 10 heteroatoms. The summed E-state index contributed by atoms with van der Waals surface area (Å²) in [4.78, 5) is 24.2. The number of ether oxygens (including phenoxy) is 1. The van der Waals surface area contributed by atoms with Crippen molar-refractivity contribution in [1.29, 1.82) is 0 Å². The summed E-state index contributed by atoms with van der Waals surface area (Å²) in [6.07, 6.45) is 1.35. The molecule has 1 atom stereocenters. The Labute approximate surface area is 173 Å². The molecule has 2 N–H and O–H groups in total. The molecular formula is C19H23N3O5S2. The summed E-state index contributed by atoms with van der Waals surface area (Å²) in [6, 6.07) is 10.1. The summed E-state index contributed by atoms with van der Waals surface area (Å²) in [6.45, 7) is 0.644. The van der Waals surface area contributed by atoms with Gasteiger partial charge in [0.2, 0.25) is 0 Å². The molecule has 1 fully saturated rings. The van der Waals surface area contributed by atoms with Gasteiger partial charge in [0.05, 0.1) is 7.11 Å². The molecular weight excluding hydrogens is 414 g/mol. The Hall–Kier alpha value is -2.43. The summed E-state index contributed by atoms with van der Waals surface area (Å²) in [5, 5.41) is 6.82. The number of nitrogens with one attached hydrogen (secondary N) is 2. The minimum atomic E-state index is -3.58. The van der Waals surface area contributed by atoms with E-state index in [2.05, 4.69) is 10.6 Å². The molecule has 3 rings (SSSR count). The maximum atomic E-state index is 12.7. The van der Waals surface area contributed by atoms with Crippen LogP contribution in [0.1, 0.15) is 18.4 Å². The Bertz CT molecular complexity index is 960. The molecule has 0 aliphatic carbocycles. The lowest BCUT2D eigenvalue weighted by Crippen LogP contribution is -2.46. The van der Waals surface area contributed by atoms with Crippen LogP contribution in [0.15, 0.2) is 46.0 Å². The van der Waals surface area contributed by atoms with Crippen LogP contribution in [0.2, 0.25) is 0 Å². The number of hydrogen-bond donors (Lipinski definition) is 2. The first kappa shape index (κ1) is 21.3. The van der Waals surface area contributed by atoms with Crippen LogP contribution in [0.3, 0.4) is 0 Å². The van der Waals surface area contributed by atoms with Crippen molar-refractivity contribution < 1.29 is 22.7 Å². The van der Waals surface area contributed by atoms with Crippen molar-refractivity contribution in [1.82, 2.24) is 14.9 Å². The lowest BCUT2D eigenvalue weighted by atomic mass is 10.2. The predicted octanol–water partition coefficient (Wildman–Crippen LogP) is 1.34. The van der Waals surface area contributed by atoms with Gasteiger partial charge >= 0.3 is 11.8 Å². The number of para-hydroxylation sites is 1. The van der Waals surface area contributed by atoms with Gasteiger partial charge in [0.25, 0.3) is 10.0 Å². The molecule has 1 aliphatic heterocycles. The Balaban J connectivity index is 1.53. The highest BCUT2D eigenvalue weighted by Crippen LogP contribution is 2.28. The van der Waals surface area contributed by atoms with Gasteiger partial charge in [-0.05, 0) is 30.4 Å². The quantitative estimate of drug-likeness (QED) is 0.636. The van der Waals surface area contributed by atoms with Crippen LogP contribution in [-0.2, 0) is 26.2 Å². The number of hydrogen-bond acceptors (Lipinski definition) is 6. The van der Waals surface area contributed by atoms with Crippen LogP contribution in [0, 0.1) is 0 Å². The van der Waals surface area contributed by atoms with E-state index in [1.54, 1.807) is 29.6 Å².